The largest absolute Gasteiger partial charge is 0.322 e. The van der Waals surface area contributed by atoms with Gasteiger partial charge in [-0.3, -0.25) is 19.7 Å². The molecule has 0 saturated heterocycles. The van der Waals surface area contributed by atoms with Gasteiger partial charge in [0.05, 0.1) is 11.1 Å². The van der Waals surface area contributed by atoms with Gasteiger partial charge in [0.15, 0.2) is 0 Å². The van der Waals surface area contributed by atoms with Crippen molar-refractivity contribution in [3.8, 4) is 0 Å². The van der Waals surface area contributed by atoms with Gasteiger partial charge in [-0.25, -0.2) is 5.43 Å². The van der Waals surface area contributed by atoms with E-state index in [0.29, 0.717) is 22.4 Å². The molecule has 3 rings (SSSR count). The lowest BCUT2D eigenvalue weighted by Gasteiger charge is -2.19. The Kier molecular flexibility index (Phi) is 7.43. The molecule has 0 aliphatic heterocycles. The number of nitrogens with zero attached hydrogens (tertiary/aromatic N) is 2. The molecule has 0 bridgehead atoms. The summed E-state index contributed by atoms with van der Waals surface area (Å²) < 4.78 is 0. The van der Waals surface area contributed by atoms with E-state index in [9.17, 15) is 19.7 Å². The van der Waals surface area contributed by atoms with Crippen LogP contribution in [0.3, 0.4) is 0 Å². The molecule has 3 aromatic carbocycles. The Morgan fingerprint density at radius 3 is 2.12 bits per heavy atom. The summed E-state index contributed by atoms with van der Waals surface area (Å²) in [6.07, 6.45) is 1.28. The Balaban J connectivity index is 1.59. The molecule has 8 nitrogen and oxygen atoms in total. The van der Waals surface area contributed by atoms with Crippen molar-refractivity contribution < 1.29 is 14.5 Å². The zero-order valence-corrected chi connectivity index (χ0v) is 19.6. The lowest BCUT2D eigenvalue weighted by atomic mass is 9.87. The maximum Gasteiger partial charge on any atom is 0.288 e. The molecule has 0 unspecified atom stereocenters. The number of hydrogen-bond donors (Lipinski definition) is 2. The van der Waals surface area contributed by atoms with Crippen LogP contribution in [0.5, 0.6) is 0 Å². The Hall–Kier alpha value is -4.04. The molecule has 0 aliphatic carbocycles. The fourth-order valence-electron chi connectivity index (χ4n) is 3.01. The van der Waals surface area contributed by atoms with Crippen LogP contribution < -0.4 is 10.7 Å². The van der Waals surface area contributed by atoms with Crippen LogP contribution in [-0.4, -0.2) is 23.0 Å². The maximum absolute atomic E-state index is 12.5. The summed E-state index contributed by atoms with van der Waals surface area (Å²) in [5.41, 5.74) is 5.05. The average molecular weight is 479 g/mol. The van der Waals surface area contributed by atoms with Gasteiger partial charge in [-0.15, -0.1) is 0 Å². The van der Waals surface area contributed by atoms with Crippen molar-refractivity contribution in [1.82, 2.24) is 5.43 Å². The molecular weight excluding hydrogens is 456 g/mol. The third-order valence-electron chi connectivity index (χ3n) is 4.96. The van der Waals surface area contributed by atoms with Gasteiger partial charge < -0.3 is 5.32 Å². The van der Waals surface area contributed by atoms with Crippen LogP contribution in [-0.2, 0) is 5.41 Å². The molecule has 0 spiro atoms. The lowest BCUT2D eigenvalue weighted by molar-refractivity contribution is -0.384. The van der Waals surface area contributed by atoms with Gasteiger partial charge in [0.25, 0.3) is 17.5 Å². The first-order valence-electron chi connectivity index (χ1n) is 10.3. The summed E-state index contributed by atoms with van der Waals surface area (Å²) in [5, 5.41) is 17.6. The van der Waals surface area contributed by atoms with Crippen molar-refractivity contribution in [2.24, 2.45) is 5.10 Å². The number of hydrazone groups is 1. The van der Waals surface area contributed by atoms with Gasteiger partial charge in [0, 0.05) is 28.4 Å². The monoisotopic (exact) mass is 478 g/mol. The highest BCUT2D eigenvalue weighted by Gasteiger charge is 2.15. The topological polar surface area (TPSA) is 114 Å². The van der Waals surface area contributed by atoms with Crippen LogP contribution in [0.1, 0.15) is 52.6 Å². The SMILES string of the molecule is CC(C)(C)c1ccc(C(=O)Nc2ccc(C(=O)N/N=C/c3ccc(Cl)c([N+](=O)[O-])c3)cc2)cc1. The molecule has 0 aliphatic rings. The number of hydrogen-bond acceptors (Lipinski definition) is 5. The molecular formula is C25H23ClN4O4. The fourth-order valence-corrected chi connectivity index (χ4v) is 3.20. The molecule has 34 heavy (non-hydrogen) atoms. The van der Waals surface area contributed by atoms with Gasteiger partial charge in [-0.05, 0) is 53.4 Å². The van der Waals surface area contributed by atoms with Gasteiger partial charge in [-0.2, -0.15) is 5.10 Å². The van der Waals surface area contributed by atoms with E-state index in [-0.39, 0.29) is 22.0 Å². The number of benzene rings is 3. The van der Waals surface area contributed by atoms with Crippen molar-refractivity contribution in [3.05, 3.63) is 104 Å². The minimum absolute atomic E-state index is 0.00222. The first-order chi connectivity index (χ1) is 16.0. The number of anilines is 1. The van der Waals surface area contributed by atoms with Crippen molar-refractivity contribution in [1.29, 1.82) is 0 Å². The summed E-state index contributed by atoms with van der Waals surface area (Å²) in [6.45, 7) is 6.32. The highest BCUT2D eigenvalue weighted by atomic mass is 35.5. The highest BCUT2D eigenvalue weighted by molar-refractivity contribution is 6.32. The summed E-state index contributed by atoms with van der Waals surface area (Å²) in [7, 11) is 0. The molecule has 3 aromatic rings. The van der Waals surface area contributed by atoms with E-state index in [1.807, 2.05) is 12.1 Å². The first-order valence-corrected chi connectivity index (χ1v) is 10.7. The number of rotatable bonds is 6. The number of halogens is 1. The van der Waals surface area contributed by atoms with E-state index in [1.165, 1.54) is 18.3 Å². The quantitative estimate of drug-likeness (QED) is 0.274. The highest BCUT2D eigenvalue weighted by Crippen LogP contribution is 2.24. The maximum atomic E-state index is 12.5. The van der Waals surface area contributed by atoms with Gasteiger partial charge in [0.1, 0.15) is 5.02 Å². The minimum Gasteiger partial charge on any atom is -0.322 e. The van der Waals surface area contributed by atoms with Gasteiger partial charge in [-0.1, -0.05) is 50.6 Å². The number of nitrogens with one attached hydrogen (secondary N) is 2. The number of nitro groups is 1. The molecule has 0 atom stereocenters. The standard InChI is InChI=1S/C25H23ClN4O4/c1-25(2,3)19-9-5-17(6-10-19)23(31)28-20-11-7-18(8-12-20)24(32)29-27-15-16-4-13-21(26)22(14-16)30(33)34/h4-15H,1-3H3,(H,28,31)(H,29,32)/b27-15+. The van der Waals surface area contributed by atoms with Crippen molar-refractivity contribution in [2.45, 2.75) is 26.2 Å². The Morgan fingerprint density at radius 2 is 1.53 bits per heavy atom. The number of amides is 2. The summed E-state index contributed by atoms with van der Waals surface area (Å²) in [5.74, 6) is -0.727. The molecule has 174 valence electrons. The molecule has 0 radical (unpaired) electrons. The fraction of sp³-hybridized carbons (Fsp3) is 0.160. The Bertz CT molecular complexity index is 1250. The third kappa shape index (κ3) is 6.26. The van der Waals surface area contributed by atoms with E-state index in [1.54, 1.807) is 42.5 Å². The van der Waals surface area contributed by atoms with E-state index < -0.39 is 10.8 Å². The summed E-state index contributed by atoms with van der Waals surface area (Å²) in [6, 6.07) is 17.9. The van der Waals surface area contributed by atoms with Crippen LogP contribution in [0, 0.1) is 10.1 Å². The Labute approximate surface area is 201 Å². The molecule has 0 fully saturated rings. The third-order valence-corrected chi connectivity index (χ3v) is 5.28. The second kappa shape index (κ2) is 10.3. The molecule has 9 heteroatoms. The predicted octanol–water partition coefficient (Wildman–Crippen LogP) is 5.56. The number of nitro benzene ring substituents is 1. The summed E-state index contributed by atoms with van der Waals surface area (Å²) in [4.78, 5) is 35.1. The van der Waals surface area contributed by atoms with Crippen molar-refractivity contribution in [3.63, 3.8) is 0 Å². The zero-order valence-electron chi connectivity index (χ0n) is 18.8. The lowest BCUT2D eigenvalue weighted by Crippen LogP contribution is -2.18. The van der Waals surface area contributed by atoms with Gasteiger partial charge in [0.2, 0.25) is 0 Å². The molecule has 2 amide bonds. The van der Waals surface area contributed by atoms with Gasteiger partial charge >= 0.3 is 0 Å². The summed E-state index contributed by atoms with van der Waals surface area (Å²) >= 11 is 5.78. The predicted molar refractivity (Wildman–Crippen MR) is 133 cm³/mol. The Morgan fingerprint density at radius 1 is 0.941 bits per heavy atom. The van der Waals surface area contributed by atoms with Crippen LogP contribution in [0.4, 0.5) is 11.4 Å². The normalized spacial score (nSPS) is 11.3. The second-order valence-corrected chi connectivity index (χ2v) is 8.93. The molecule has 0 aromatic heterocycles. The molecule has 2 N–H and O–H groups in total. The van der Waals surface area contributed by atoms with E-state index in [2.05, 4.69) is 36.6 Å². The van der Waals surface area contributed by atoms with Crippen molar-refractivity contribution >= 4 is 41.0 Å². The minimum atomic E-state index is -0.598. The molecule has 0 saturated carbocycles. The van der Waals surface area contributed by atoms with Crippen LogP contribution in [0.25, 0.3) is 0 Å². The van der Waals surface area contributed by atoms with E-state index in [4.69, 9.17) is 11.6 Å². The number of carbonyl (C=O) groups is 2. The van der Waals surface area contributed by atoms with E-state index in [0.717, 1.165) is 5.56 Å². The smallest absolute Gasteiger partial charge is 0.288 e. The number of carbonyl (C=O) groups excluding carboxylic acids is 2. The average Bonchev–Trinajstić information content (AvgIpc) is 2.80. The molecule has 0 heterocycles. The zero-order chi connectivity index (χ0) is 24.9. The van der Waals surface area contributed by atoms with Crippen LogP contribution in [0.2, 0.25) is 5.02 Å². The second-order valence-electron chi connectivity index (χ2n) is 8.53. The van der Waals surface area contributed by atoms with Crippen LogP contribution >= 0.6 is 11.6 Å². The van der Waals surface area contributed by atoms with E-state index >= 15 is 0 Å². The van der Waals surface area contributed by atoms with Crippen LogP contribution in [0.15, 0.2) is 71.8 Å². The van der Waals surface area contributed by atoms with Crippen molar-refractivity contribution in [2.75, 3.05) is 5.32 Å². The first kappa shape index (κ1) is 24.6.